The Balaban J connectivity index is 1.64. The fourth-order valence-corrected chi connectivity index (χ4v) is 4.64. The zero-order chi connectivity index (χ0) is 19.3. The number of carboxylic acid groups (broad SMARTS) is 1. The van der Waals surface area contributed by atoms with Crippen LogP contribution in [0, 0.1) is 5.92 Å². The Hall–Kier alpha value is -2.72. The van der Waals surface area contributed by atoms with Crippen LogP contribution in [0.2, 0.25) is 0 Å². The number of aliphatic hydroxyl groups is 1. The third-order valence-electron chi connectivity index (χ3n) is 4.86. The number of aromatic nitrogens is 4. The summed E-state index contributed by atoms with van der Waals surface area (Å²) in [6.07, 6.45) is 2.90. The second-order valence-corrected chi connectivity index (χ2v) is 7.59. The second kappa shape index (κ2) is 6.46. The fraction of sp³-hybridized carbons (Fsp3) is 0.353. The van der Waals surface area contributed by atoms with E-state index in [-0.39, 0.29) is 17.6 Å². The average Bonchev–Trinajstić information content (AvgIpc) is 3.14. The molecule has 9 nitrogen and oxygen atoms in total. The van der Waals surface area contributed by atoms with Gasteiger partial charge in [-0.1, -0.05) is 11.8 Å². The molecule has 0 bridgehead atoms. The number of nitrogens with zero attached hydrogens (tertiary/aromatic N) is 5. The Morgan fingerprint density at radius 1 is 1.41 bits per heavy atom. The lowest BCUT2D eigenvalue weighted by Gasteiger charge is -2.44. The van der Waals surface area contributed by atoms with Crippen molar-refractivity contribution in [3.8, 4) is 11.4 Å². The van der Waals surface area contributed by atoms with Crippen LogP contribution in [-0.4, -0.2) is 58.9 Å². The van der Waals surface area contributed by atoms with E-state index in [9.17, 15) is 19.8 Å². The number of amides is 1. The van der Waals surface area contributed by atoms with Crippen LogP contribution < -0.4 is 0 Å². The molecule has 2 aromatic rings. The van der Waals surface area contributed by atoms with Gasteiger partial charge in [0.1, 0.15) is 5.70 Å². The van der Waals surface area contributed by atoms with Crippen LogP contribution >= 0.6 is 11.8 Å². The maximum absolute atomic E-state index is 12.3. The summed E-state index contributed by atoms with van der Waals surface area (Å²) < 4.78 is 1.76. The summed E-state index contributed by atoms with van der Waals surface area (Å²) in [6, 6.07) is 3.34. The first kappa shape index (κ1) is 17.7. The molecule has 4 rings (SSSR count). The van der Waals surface area contributed by atoms with E-state index in [1.807, 2.05) is 6.07 Å². The lowest BCUT2D eigenvalue weighted by atomic mass is 9.83. The predicted molar refractivity (Wildman–Crippen MR) is 95.2 cm³/mol. The summed E-state index contributed by atoms with van der Waals surface area (Å²) in [4.78, 5) is 29.9. The van der Waals surface area contributed by atoms with Gasteiger partial charge in [-0.15, -0.1) is 10.2 Å². The molecule has 4 heterocycles. The molecule has 0 unspecified atom stereocenters. The van der Waals surface area contributed by atoms with Crippen molar-refractivity contribution >= 4 is 23.6 Å². The van der Waals surface area contributed by atoms with Gasteiger partial charge < -0.3 is 19.7 Å². The molecule has 1 saturated heterocycles. The van der Waals surface area contributed by atoms with Gasteiger partial charge in [0.05, 0.1) is 18.1 Å². The number of hydrogen-bond donors (Lipinski definition) is 2. The number of aliphatic carboxylic acids is 1. The quantitative estimate of drug-likeness (QED) is 0.725. The lowest BCUT2D eigenvalue weighted by molar-refractivity contribution is -0.161. The predicted octanol–water partition coefficient (Wildman–Crippen LogP) is 0.877. The first-order valence-corrected chi connectivity index (χ1v) is 9.17. The molecule has 2 aromatic heterocycles. The maximum atomic E-state index is 12.3. The number of thioether (sulfide) groups is 1. The third-order valence-corrected chi connectivity index (χ3v) is 6.00. The van der Waals surface area contributed by atoms with Crippen molar-refractivity contribution in [3.05, 3.63) is 35.1 Å². The number of pyridine rings is 1. The van der Waals surface area contributed by atoms with Crippen molar-refractivity contribution in [1.29, 1.82) is 0 Å². The third kappa shape index (κ3) is 2.72. The Morgan fingerprint density at radius 2 is 2.19 bits per heavy atom. The molecule has 2 aliphatic rings. The topological polar surface area (TPSA) is 121 Å². The Morgan fingerprint density at radius 3 is 2.81 bits per heavy atom. The van der Waals surface area contributed by atoms with Gasteiger partial charge >= 0.3 is 5.97 Å². The minimum atomic E-state index is -1.16. The van der Waals surface area contributed by atoms with Crippen LogP contribution in [0.3, 0.4) is 0 Å². The van der Waals surface area contributed by atoms with Crippen molar-refractivity contribution in [2.24, 2.45) is 13.0 Å². The molecule has 0 spiro atoms. The molecule has 1 amide bonds. The van der Waals surface area contributed by atoms with Crippen molar-refractivity contribution in [1.82, 2.24) is 24.6 Å². The molecule has 3 atom stereocenters. The Labute approximate surface area is 158 Å². The Bertz CT molecular complexity index is 955. The van der Waals surface area contributed by atoms with Crippen LogP contribution in [0.5, 0.6) is 0 Å². The molecule has 2 aliphatic heterocycles. The van der Waals surface area contributed by atoms with Gasteiger partial charge in [0, 0.05) is 36.3 Å². The van der Waals surface area contributed by atoms with Crippen LogP contribution in [-0.2, 0) is 16.6 Å². The summed E-state index contributed by atoms with van der Waals surface area (Å²) >= 11 is 1.19. The summed E-state index contributed by atoms with van der Waals surface area (Å²) in [5.74, 6) is -1.46. The number of carbonyl (C=O) groups excluding carboxylic acids is 1. The highest BCUT2D eigenvalue weighted by atomic mass is 32.2. The van der Waals surface area contributed by atoms with Gasteiger partial charge in [-0.3, -0.25) is 9.78 Å². The van der Waals surface area contributed by atoms with Gasteiger partial charge in [0.2, 0.25) is 5.91 Å². The maximum Gasteiger partial charge on any atom is 0.353 e. The molecule has 0 saturated carbocycles. The lowest BCUT2D eigenvalue weighted by Crippen LogP contribution is -2.61. The van der Waals surface area contributed by atoms with Crippen molar-refractivity contribution in [2.45, 2.75) is 30.6 Å². The van der Waals surface area contributed by atoms with E-state index in [1.165, 1.54) is 16.7 Å². The molecule has 0 radical (unpaired) electrons. The minimum Gasteiger partial charge on any atom is -0.477 e. The molecule has 0 aliphatic carbocycles. The van der Waals surface area contributed by atoms with Gasteiger partial charge in [0.25, 0.3) is 0 Å². The monoisotopic (exact) mass is 387 g/mol. The number of rotatable bonds is 5. The number of carboxylic acids is 1. The molecule has 1 fully saturated rings. The van der Waals surface area contributed by atoms with Gasteiger partial charge in [-0.2, -0.15) is 0 Å². The normalized spacial score (nSPS) is 22.6. The highest BCUT2D eigenvalue weighted by Crippen LogP contribution is 2.48. The molecule has 0 aromatic carbocycles. The first-order valence-electron chi connectivity index (χ1n) is 8.35. The second-order valence-electron chi connectivity index (χ2n) is 6.53. The van der Waals surface area contributed by atoms with E-state index in [0.29, 0.717) is 22.3 Å². The standard InChI is InChI=1S/C17H17N5O4S/c1-8(23)12-10-6-11(13(16(25)26)22(10)15(12)24)27-17-20-19-14(21(17)2)9-4-3-5-18-7-9/h3-5,7-8,10,12,23H,6H2,1-2H3,(H,25,26)/t8-,10-,12-/m1/s1. The minimum absolute atomic E-state index is 0.0298. The summed E-state index contributed by atoms with van der Waals surface area (Å²) in [7, 11) is 1.79. The largest absolute Gasteiger partial charge is 0.477 e. The van der Waals surface area contributed by atoms with Crippen LogP contribution in [0.4, 0.5) is 0 Å². The number of β-lactam (4-membered cyclic amide) rings is 1. The molecule has 27 heavy (non-hydrogen) atoms. The zero-order valence-corrected chi connectivity index (χ0v) is 15.4. The summed E-state index contributed by atoms with van der Waals surface area (Å²) in [5, 5.41) is 28.3. The van der Waals surface area contributed by atoms with Crippen LogP contribution in [0.1, 0.15) is 13.3 Å². The van der Waals surface area contributed by atoms with E-state index in [4.69, 9.17) is 0 Å². The smallest absolute Gasteiger partial charge is 0.353 e. The number of fused-ring (bicyclic) bond motifs is 1. The van der Waals surface area contributed by atoms with E-state index >= 15 is 0 Å². The van der Waals surface area contributed by atoms with E-state index in [2.05, 4.69) is 15.2 Å². The van der Waals surface area contributed by atoms with E-state index in [0.717, 1.165) is 5.56 Å². The van der Waals surface area contributed by atoms with E-state index < -0.39 is 18.0 Å². The molecule has 140 valence electrons. The van der Waals surface area contributed by atoms with Gasteiger partial charge in [-0.25, -0.2) is 4.79 Å². The average molecular weight is 387 g/mol. The van der Waals surface area contributed by atoms with E-state index in [1.54, 1.807) is 37.0 Å². The first-order chi connectivity index (χ1) is 12.9. The molecule has 10 heteroatoms. The van der Waals surface area contributed by atoms with Crippen LogP contribution in [0.25, 0.3) is 11.4 Å². The number of aliphatic hydroxyl groups excluding tert-OH is 1. The summed E-state index contributed by atoms with van der Waals surface area (Å²) in [5.41, 5.74) is 0.768. The molecule has 2 N–H and O–H groups in total. The SMILES string of the molecule is C[C@@H](O)[C@H]1C(=O)N2C(C(=O)O)=C(Sc3nnc(-c4cccnc4)n3C)C[C@H]12. The van der Waals surface area contributed by atoms with Gasteiger partial charge in [0.15, 0.2) is 11.0 Å². The van der Waals surface area contributed by atoms with Crippen molar-refractivity contribution in [3.63, 3.8) is 0 Å². The van der Waals surface area contributed by atoms with Gasteiger partial charge in [-0.05, 0) is 19.1 Å². The Kier molecular flexibility index (Phi) is 4.23. The number of carbonyl (C=O) groups is 2. The van der Waals surface area contributed by atoms with Crippen LogP contribution in [0.15, 0.2) is 40.3 Å². The zero-order valence-electron chi connectivity index (χ0n) is 14.6. The number of hydrogen-bond acceptors (Lipinski definition) is 7. The van der Waals surface area contributed by atoms with Crippen molar-refractivity contribution in [2.75, 3.05) is 0 Å². The molecular weight excluding hydrogens is 370 g/mol. The highest BCUT2D eigenvalue weighted by molar-refractivity contribution is 8.03. The van der Waals surface area contributed by atoms with Crippen molar-refractivity contribution < 1.29 is 19.8 Å². The fourth-order valence-electron chi connectivity index (χ4n) is 3.58. The summed E-state index contributed by atoms with van der Waals surface area (Å²) in [6.45, 7) is 1.55. The highest BCUT2D eigenvalue weighted by Gasteiger charge is 2.56. The molecular formula is C17H17N5O4S.